The summed E-state index contributed by atoms with van der Waals surface area (Å²) in [5.41, 5.74) is 10.4. The Morgan fingerprint density at radius 1 is 0.897 bits per heavy atom. The lowest BCUT2D eigenvalue weighted by Gasteiger charge is -2.26. The zero-order chi connectivity index (χ0) is 22.9. The van der Waals surface area contributed by atoms with E-state index in [2.05, 4.69) is 23.3 Å². The summed E-state index contributed by atoms with van der Waals surface area (Å²) < 4.78 is 0. The Hall–Kier alpha value is -2.42. The van der Waals surface area contributed by atoms with Crippen molar-refractivity contribution < 1.29 is 39.3 Å². The minimum Gasteiger partial charge on any atom is -0.480 e. The van der Waals surface area contributed by atoms with Crippen LogP contribution in [0.15, 0.2) is 0 Å². The summed E-state index contributed by atoms with van der Waals surface area (Å²) in [4.78, 5) is 58.5. The van der Waals surface area contributed by atoms with E-state index >= 15 is 0 Å². The van der Waals surface area contributed by atoms with Crippen molar-refractivity contribution in [2.75, 3.05) is 5.75 Å². The molecule has 0 saturated heterocycles. The fraction of sp³-hybridized carbons (Fsp3) is 0.667. The molecule has 0 aromatic rings. The number of amides is 4. The van der Waals surface area contributed by atoms with Crippen LogP contribution >= 0.6 is 12.6 Å². The number of thiol groups is 1. The number of hydrogen-bond acceptors (Lipinski definition) is 9. The Morgan fingerprint density at radius 3 is 1.76 bits per heavy atom. The van der Waals surface area contributed by atoms with Crippen LogP contribution in [0.25, 0.3) is 0 Å². The highest BCUT2D eigenvalue weighted by atomic mass is 32.1. The minimum absolute atomic E-state index is 0.259. The highest BCUT2D eigenvalue weighted by Gasteiger charge is 2.33. The van der Waals surface area contributed by atoms with Gasteiger partial charge in [0.25, 0.3) is 0 Å². The summed E-state index contributed by atoms with van der Waals surface area (Å²) in [5.74, 6) is -5.47. The number of carboxylic acids is 1. The quantitative estimate of drug-likeness (QED) is 0.133. The number of nitrogens with one attached hydrogen (secondary N) is 3. The first kappa shape index (κ1) is 26.6. The number of aliphatic hydroxyl groups is 2. The maximum Gasteiger partial charge on any atom is 0.328 e. The van der Waals surface area contributed by atoms with E-state index in [1.54, 1.807) is 0 Å². The van der Waals surface area contributed by atoms with Crippen LogP contribution in [0.5, 0.6) is 0 Å². The zero-order valence-corrected chi connectivity index (χ0v) is 16.8. The molecule has 10 N–H and O–H groups in total. The summed E-state index contributed by atoms with van der Waals surface area (Å²) in [5, 5.41) is 34.6. The molecule has 0 saturated carbocycles. The summed E-state index contributed by atoms with van der Waals surface area (Å²) in [6.45, 7) is 2.34. The van der Waals surface area contributed by atoms with Gasteiger partial charge in [-0.1, -0.05) is 0 Å². The first-order valence-corrected chi connectivity index (χ1v) is 9.09. The van der Waals surface area contributed by atoms with Crippen molar-refractivity contribution in [3.8, 4) is 0 Å². The Bertz CT molecular complexity index is 630. The molecule has 0 aliphatic rings. The first-order valence-electron chi connectivity index (χ1n) is 8.46. The van der Waals surface area contributed by atoms with Gasteiger partial charge in [-0.3, -0.25) is 19.2 Å². The fourth-order valence-electron chi connectivity index (χ4n) is 2.07. The third-order valence-corrected chi connectivity index (χ3v) is 4.05. The topological polar surface area (TPSA) is 234 Å². The van der Waals surface area contributed by atoms with Gasteiger partial charge in [0.05, 0.1) is 24.7 Å². The summed E-state index contributed by atoms with van der Waals surface area (Å²) in [6.07, 6.45) is -3.31. The molecule has 0 aromatic carbocycles. The molecular formula is C15H27N5O8S. The lowest BCUT2D eigenvalue weighted by atomic mass is 10.1. The number of rotatable bonds is 12. The van der Waals surface area contributed by atoms with E-state index in [-0.39, 0.29) is 5.75 Å². The second-order valence-electron chi connectivity index (χ2n) is 6.31. The predicted molar refractivity (Wildman–Crippen MR) is 102 cm³/mol. The van der Waals surface area contributed by atoms with Crippen LogP contribution in [0.4, 0.5) is 0 Å². The molecule has 0 rings (SSSR count). The molecule has 29 heavy (non-hydrogen) atoms. The molecule has 0 fully saturated rings. The van der Waals surface area contributed by atoms with Gasteiger partial charge < -0.3 is 42.7 Å². The second kappa shape index (κ2) is 12.2. The van der Waals surface area contributed by atoms with Crippen LogP contribution in [0.3, 0.4) is 0 Å². The number of aliphatic carboxylic acids is 1. The second-order valence-corrected chi connectivity index (χ2v) is 6.68. The number of aliphatic hydroxyl groups excluding tert-OH is 2. The Kier molecular flexibility index (Phi) is 11.2. The molecule has 0 aliphatic carbocycles. The zero-order valence-electron chi connectivity index (χ0n) is 15.9. The average molecular weight is 437 g/mol. The van der Waals surface area contributed by atoms with Crippen molar-refractivity contribution in [2.24, 2.45) is 11.5 Å². The van der Waals surface area contributed by atoms with Crippen molar-refractivity contribution in [2.45, 2.75) is 56.6 Å². The van der Waals surface area contributed by atoms with Crippen LogP contribution < -0.4 is 27.4 Å². The summed E-state index contributed by atoms with van der Waals surface area (Å²) in [6, 6.07) is -5.86. The minimum atomic E-state index is -1.62. The van der Waals surface area contributed by atoms with Gasteiger partial charge in [0.2, 0.25) is 23.6 Å². The summed E-state index contributed by atoms with van der Waals surface area (Å²) in [7, 11) is 0. The number of carbonyl (C=O) groups is 5. The number of carboxylic acid groups (broad SMARTS) is 1. The molecule has 0 bridgehead atoms. The molecule has 0 heterocycles. The van der Waals surface area contributed by atoms with Crippen LogP contribution in [-0.2, 0) is 24.0 Å². The van der Waals surface area contributed by atoms with Gasteiger partial charge in [0.15, 0.2) is 6.04 Å². The SMILES string of the molecule is CC(O)C(NC(=O)C(CS)NC(=O)C(NC(=O)C(N)CC(N)=O)C(C)O)C(=O)O. The molecule has 6 unspecified atom stereocenters. The van der Waals surface area contributed by atoms with E-state index in [4.69, 9.17) is 16.6 Å². The van der Waals surface area contributed by atoms with Crippen molar-refractivity contribution in [1.29, 1.82) is 0 Å². The van der Waals surface area contributed by atoms with Gasteiger partial charge in [-0.2, -0.15) is 12.6 Å². The van der Waals surface area contributed by atoms with Gasteiger partial charge >= 0.3 is 5.97 Å². The molecule has 166 valence electrons. The summed E-state index contributed by atoms with van der Waals surface area (Å²) >= 11 is 3.91. The van der Waals surface area contributed by atoms with Crippen molar-refractivity contribution >= 4 is 42.2 Å². The number of hydrogen-bond donors (Lipinski definition) is 9. The van der Waals surface area contributed by atoms with E-state index in [1.165, 1.54) is 6.92 Å². The van der Waals surface area contributed by atoms with Crippen LogP contribution in [0, 0.1) is 0 Å². The largest absolute Gasteiger partial charge is 0.480 e. The van der Waals surface area contributed by atoms with Crippen LogP contribution in [0.2, 0.25) is 0 Å². The molecule has 6 atom stereocenters. The number of carbonyl (C=O) groups excluding carboxylic acids is 4. The van der Waals surface area contributed by atoms with Gasteiger partial charge in [-0.15, -0.1) is 0 Å². The van der Waals surface area contributed by atoms with Gasteiger partial charge in [0.1, 0.15) is 12.1 Å². The standard InChI is InChI=1S/C15H27N5O8S/c1-5(21)10(19-12(24)7(16)3-9(17)23)14(26)18-8(4-29)13(25)20-11(6(2)22)15(27)28/h5-8,10-11,21-22,29H,3-4,16H2,1-2H3,(H2,17,23)(H,18,26)(H,19,24)(H,20,25)(H,27,28). The molecule has 0 spiro atoms. The maximum atomic E-state index is 12.4. The molecule has 4 amide bonds. The average Bonchev–Trinajstić information content (AvgIpc) is 2.59. The number of nitrogens with two attached hydrogens (primary N) is 2. The number of primary amides is 1. The molecule has 0 aliphatic heterocycles. The van der Waals surface area contributed by atoms with Crippen LogP contribution in [-0.4, -0.2) is 87.0 Å². The third kappa shape index (κ3) is 9.08. The Labute approximate surface area is 172 Å². The third-order valence-electron chi connectivity index (χ3n) is 3.68. The Balaban J connectivity index is 5.17. The highest BCUT2D eigenvalue weighted by Crippen LogP contribution is 2.00. The van der Waals surface area contributed by atoms with E-state index in [0.717, 1.165) is 6.92 Å². The molecular weight excluding hydrogens is 410 g/mol. The normalized spacial score (nSPS) is 17.0. The van der Waals surface area contributed by atoms with E-state index in [0.29, 0.717) is 0 Å². The van der Waals surface area contributed by atoms with Crippen molar-refractivity contribution in [1.82, 2.24) is 16.0 Å². The van der Waals surface area contributed by atoms with Crippen molar-refractivity contribution in [3.63, 3.8) is 0 Å². The predicted octanol–water partition coefficient (Wildman–Crippen LogP) is -4.58. The smallest absolute Gasteiger partial charge is 0.328 e. The van der Waals surface area contributed by atoms with Gasteiger partial charge in [-0.25, -0.2) is 4.79 Å². The molecule has 0 radical (unpaired) electrons. The van der Waals surface area contributed by atoms with E-state index in [9.17, 15) is 34.2 Å². The van der Waals surface area contributed by atoms with E-state index < -0.39 is 72.4 Å². The molecule has 14 heteroatoms. The Morgan fingerprint density at radius 2 is 1.38 bits per heavy atom. The van der Waals surface area contributed by atoms with Crippen molar-refractivity contribution in [3.05, 3.63) is 0 Å². The molecule has 0 aromatic heterocycles. The van der Waals surface area contributed by atoms with E-state index in [1.807, 2.05) is 5.32 Å². The van der Waals surface area contributed by atoms with Crippen LogP contribution in [0.1, 0.15) is 20.3 Å². The lowest BCUT2D eigenvalue weighted by Crippen LogP contribution is -2.61. The lowest BCUT2D eigenvalue weighted by molar-refractivity contribution is -0.145. The monoisotopic (exact) mass is 437 g/mol. The van der Waals surface area contributed by atoms with Gasteiger partial charge in [-0.05, 0) is 13.8 Å². The maximum absolute atomic E-state index is 12.4. The van der Waals surface area contributed by atoms with Gasteiger partial charge in [0, 0.05) is 5.75 Å². The highest BCUT2D eigenvalue weighted by molar-refractivity contribution is 7.80. The molecule has 13 nitrogen and oxygen atoms in total. The fourth-order valence-corrected chi connectivity index (χ4v) is 2.33. The first-order chi connectivity index (χ1) is 13.3.